The van der Waals surface area contributed by atoms with Gasteiger partial charge in [0.2, 0.25) is 0 Å². The molecule has 0 aromatic carbocycles. The van der Waals surface area contributed by atoms with E-state index < -0.39 is 0 Å². The Hall–Kier alpha value is -1.09. The van der Waals surface area contributed by atoms with E-state index in [1.54, 1.807) is 13.3 Å². The molecule has 0 spiro atoms. The molecule has 0 bridgehead atoms. The first-order chi connectivity index (χ1) is 5.84. The molecule has 66 valence electrons. The Morgan fingerprint density at radius 2 is 2.42 bits per heavy atom. The van der Waals surface area contributed by atoms with Gasteiger partial charge in [0.25, 0.3) is 0 Å². The zero-order valence-corrected chi connectivity index (χ0v) is 7.50. The molecule has 0 aliphatic carbocycles. The van der Waals surface area contributed by atoms with Crippen molar-refractivity contribution in [3.63, 3.8) is 0 Å². The molecule has 12 heavy (non-hydrogen) atoms. The van der Waals surface area contributed by atoms with Crippen LogP contribution in [0, 0.1) is 6.92 Å². The van der Waals surface area contributed by atoms with Gasteiger partial charge in [0.05, 0.1) is 6.61 Å². The van der Waals surface area contributed by atoms with Gasteiger partial charge in [-0.25, -0.2) is 0 Å². The summed E-state index contributed by atoms with van der Waals surface area (Å²) in [5.41, 5.74) is 2.29. The predicted molar refractivity (Wildman–Crippen MR) is 49.3 cm³/mol. The van der Waals surface area contributed by atoms with Crippen LogP contribution < -0.4 is 5.32 Å². The van der Waals surface area contributed by atoms with Crippen molar-refractivity contribution in [2.75, 3.05) is 25.6 Å². The fraction of sp³-hybridized carbons (Fsp3) is 0.444. The zero-order chi connectivity index (χ0) is 8.81. The summed E-state index contributed by atoms with van der Waals surface area (Å²) in [6.45, 7) is 3.59. The standard InChI is InChI=1S/C9H14N2O/c1-8-7-10-4-3-9(8)11-5-6-12-2/h3-4,7H,5-6H2,1-2H3,(H,10,11). The number of aryl methyl sites for hydroxylation is 1. The highest BCUT2D eigenvalue weighted by Gasteiger charge is 1.94. The summed E-state index contributed by atoms with van der Waals surface area (Å²) < 4.78 is 4.93. The van der Waals surface area contributed by atoms with Crippen LogP contribution in [-0.4, -0.2) is 25.2 Å². The molecule has 3 nitrogen and oxygen atoms in total. The highest BCUT2D eigenvalue weighted by molar-refractivity contribution is 5.48. The Balaban J connectivity index is 2.46. The van der Waals surface area contributed by atoms with Gasteiger partial charge >= 0.3 is 0 Å². The fourth-order valence-corrected chi connectivity index (χ4v) is 0.960. The molecule has 1 aromatic heterocycles. The van der Waals surface area contributed by atoms with Crippen LogP contribution >= 0.6 is 0 Å². The van der Waals surface area contributed by atoms with Gasteiger partial charge in [0.1, 0.15) is 0 Å². The van der Waals surface area contributed by atoms with E-state index in [2.05, 4.69) is 10.3 Å². The molecule has 1 heterocycles. The van der Waals surface area contributed by atoms with Crippen molar-refractivity contribution < 1.29 is 4.74 Å². The molecule has 1 aromatic rings. The Morgan fingerprint density at radius 3 is 3.08 bits per heavy atom. The second kappa shape index (κ2) is 4.72. The van der Waals surface area contributed by atoms with E-state index in [4.69, 9.17) is 4.74 Å². The van der Waals surface area contributed by atoms with Crippen LogP contribution in [0.2, 0.25) is 0 Å². The summed E-state index contributed by atoms with van der Waals surface area (Å²) in [7, 11) is 1.70. The van der Waals surface area contributed by atoms with Crippen molar-refractivity contribution in [3.05, 3.63) is 24.0 Å². The number of hydrogen-bond acceptors (Lipinski definition) is 3. The number of hydrogen-bond donors (Lipinski definition) is 1. The minimum atomic E-state index is 0.724. The predicted octanol–water partition coefficient (Wildman–Crippen LogP) is 1.45. The third-order valence-electron chi connectivity index (χ3n) is 1.64. The van der Waals surface area contributed by atoms with E-state index >= 15 is 0 Å². The summed E-state index contributed by atoms with van der Waals surface area (Å²) >= 11 is 0. The van der Waals surface area contributed by atoms with Crippen LogP contribution in [0.3, 0.4) is 0 Å². The number of aromatic nitrogens is 1. The van der Waals surface area contributed by atoms with Gasteiger partial charge in [-0.15, -0.1) is 0 Å². The van der Waals surface area contributed by atoms with Crippen molar-refractivity contribution >= 4 is 5.69 Å². The number of nitrogens with zero attached hydrogens (tertiary/aromatic N) is 1. The Kier molecular flexibility index (Phi) is 3.54. The number of pyridine rings is 1. The monoisotopic (exact) mass is 166 g/mol. The van der Waals surface area contributed by atoms with Crippen LogP contribution in [-0.2, 0) is 4.74 Å². The van der Waals surface area contributed by atoms with Crippen LogP contribution in [0.25, 0.3) is 0 Å². The van der Waals surface area contributed by atoms with Gasteiger partial charge in [-0.2, -0.15) is 0 Å². The second-order valence-electron chi connectivity index (χ2n) is 2.61. The summed E-state index contributed by atoms with van der Waals surface area (Å²) in [4.78, 5) is 4.00. The molecule has 0 unspecified atom stereocenters. The summed E-state index contributed by atoms with van der Waals surface area (Å²) in [6.07, 6.45) is 3.62. The molecule has 0 atom stereocenters. The van der Waals surface area contributed by atoms with Crippen LogP contribution in [0.4, 0.5) is 5.69 Å². The van der Waals surface area contributed by atoms with Crippen molar-refractivity contribution in [2.45, 2.75) is 6.92 Å². The first kappa shape index (κ1) is 9.00. The van der Waals surface area contributed by atoms with E-state index in [1.807, 2.05) is 19.2 Å². The molecule has 0 saturated carbocycles. The maximum Gasteiger partial charge on any atom is 0.0635 e. The van der Waals surface area contributed by atoms with Gasteiger partial charge in [-0.1, -0.05) is 0 Å². The topological polar surface area (TPSA) is 34.1 Å². The Labute approximate surface area is 72.8 Å². The van der Waals surface area contributed by atoms with E-state index in [0.29, 0.717) is 0 Å². The SMILES string of the molecule is COCCNc1ccncc1C. The van der Waals surface area contributed by atoms with Gasteiger partial charge in [-0.3, -0.25) is 4.98 Å². The molecule has 0 aliphatic rings. The molecular formula is C9H14N2O. The number of methoxy groups -OCH3 is 1. The highest BCUT2D eigenvalue weighted by Crippen LogP contribution is 2.10. The quantitative estimate of drug-likeness (QED) is 0.687. The van der Waals surface area contributed by atoms with Gasteiger partial charge in [0, 0.05) is 31.7 Å². The second-order valence-corrected chi connectivity index (χ2v) is 2.61. The Bertz CT molecular complexity index is 238. The fourth-order valence-electron chi connectivity index (χ4n) is 0.960. The maximum absolute atomic E-state index is 4.93. The molecule has 0 fully saturated rings. The molecule has 0 saturated heterocycles. The summed E-state index contributed by atoms with van der Waals surface area (Å²) in [6, 6.07) is 1.96. The van der Waals surface area contributed by atoms with E-state index in [1.165, 1.54) is 0 Å². The summed E-state index contributed by atoms with van der Waals surface area (Å²) in [5.74, 6) is 0. The van der Waals surface area contributed by atoms with Crippen LogP contribution in [0.1, 0.15) is 5.56 Å². The molecule has 1 N–H and O–H groups in total. The van der Waals surface area contributed by atoms with Crippen molar-refractivity contribution in [1.29, 1.82) is 0 Å². The third-order valence-corrected chi connectivity index (χ3v) is 1.64. The lowest BCUT2D eigenvalue weighted by Gasteiger charge is -2.07. The number of nitrogens with one attached hydrogen (secondary N) is 1. The Morgan fingerprint density at radius 1 is 1.58 bits per heavy atom. The van der Waals surface area contributed by atoms with Crippen molar-refractivity contribution in [2.24, 2.45) is 0 Å². The lowest BCUT2D eigenvalue weighted by atomic mass is 10.2. The molecule has 1 rings (SSSR count). The average molecular weight is 166 g/mol. The van der Waals surface area contributed by atoms with Gasteiger partial charge in [-0.05, 0) is 18.6 Å². The molecule has 3 heteroatoms. The van der Waals surface area contributed by atoms with E-state index in [9.17, 15) is 0 Å². The lowest BCUT2D eigenvalue weighted by molar-refractivity contribution is 0.211. The minimum absolute atomic E-state index is 0.724. The molecular weight excluding hydrogens is 152 g/mol. The van der Waals surface area contributed by atoms with Crippen LogP contribution in [0.5, 0.6) is 0 Å². The third kappa shape index (κ3) is 2.51. The van der Waals surface area contributed by atoms with E-state index in [-0.39, 0.29) is 0 Å². The first-order valence-electron chi connectivity index (χ1n) is 3.98. The first-order valence-corrected chi connectivity index (χ1v) is 3.98. The van der Waals surface area contributed by atoms with E-state index in [0.717, 1.165) is 24.4 Å². The highest BCUT2D eigenvalue weighted by atomic mass is 16.5. The van der Waals surface area contributed by atoms with Crippen molar-refractivity contribution in [1.82, 2.24) is 4.98 Å². The number of anilines is 1. The lowest BCUT2D eigenvalue weighted by Crippen LogP contribution is -2.08. The molecule has 0 radical (unpaired) electrons. The average Bonchev–Trinajstić information content (AvgIpc) is 2.09. The molecule has 0 aliphatic heterocycles. The minimum Gasteiger partial charge on any atom is -0.383 e. The maximum atomic E-state index is 4.93. The number of ether oxygens (including phenoxy) is 1. The largest absolute Gasteiger partial charge is 0.383 e. The van der Waals surface area contributed by atoms with Gasteiger partial charge in [0.15, 0.2) is 0 Å². The summed E-state index contributed by atoms with van der Waals surface area (Å²) in [5, 5.41) is 3.25. The van der Waals surface area contributed by atoms with Gasteiger partial charge < -0.3 is 10.1 Å². The zero-order valence-electron chi connectivity index (χ0n) is 7.50. The number of rotatable bonds is 4. The normalized spacial score (nSPS) is 9.83. The smallest absolute Gasteiger partial charge is 0.0635 e. The van der Waals surface area contributed by atoms with Crippen molar-refractivity contribution in [3.8, 4) is 0 Å². The van der Waals surface area contributed by atoms with Crippen LogP contribution in [0.15, 0.2) is 18.5 Å². The molecule has 0 amide bonds.